The molecule has 0 bridgehead atoms. The van der Waals surface area contributed by atoms with Crippen molar-refractivity contribution < 1.29 is 4.74 Å². The lowest BCUT2D eigenvalue weighted by molar-refractivity contribution is 0.306. The van der Waals surface area contributed by atoms with Gasteiger partial charge in [-0.3, -0.25) is 0 Å². The van der Waals surface area contributed by atoms with Gasteiger partial charge in [-0.05, 0) is 38.6 Å². The molecule has 2 heteroatoms. The number of hydrogen-bond donors (Lipinski definition) is 1. The molecule has 2 rings (SSSR count). The maximum Gasteiger partial charge on any atom is 0.119 e. The molecule has 0 radical (unpaired) electrons. The smallest absolute Gasteiger partial charge is 0.119 e. The van der Waals surface area contributed by atoms with Crippen molar-refractivity contribution in [2.45, 2.75) is 68.0 Å². The Morgan fingerprint density at radius 3 is 1.48 bits per heavy atom. The summed E-state index contributed by atoms with van der Waals surface area (Å²) in [4.78, 5) is 0. The summed E-state index contributed by atoms with van der Waals surface area (Å²) in [7, 11) is 1.95. The number of ether oxygens (including phenoxy) is 1. The van der Waals surface area contributed by atoms with Crippen molar-refractivity contribution in [3.63, 3.8) is 0 Å². The average molecular weight is 346 g/mol. The lowest BCUT2D eigenvalue weighted by Gasteiger charge is -2.06. The summed E-state index contributed by atoms with van der Waals surface area (Å²) in [6.45, 7) is 17.0. The molecule has 2 aromatic carbocycles. The average Bonchev–Trinajstić information content (AvgIpc) is 2.66. The van der Waals surface area contributed by atoms with Gasteiger partial charge in [0.05, 0.1) is 0 Å². The molecule has 0 fully saturated rings. The Balaban J connectivity index is 0. The zero-order valence-corrected chi connectivity index (χ0v) is 17.8. The van der Waals surface area contributed by atoms with E-state index in [-0.39, 0.29) is 0 Å². The fourth-order valence-corrected chi connectivity index (χ4v) is 1.49. The first-order valence-corrected chi connectivity index (χ1v) is 9.43. The van der Waals surface area contributed by atoms with E-state index in [4.69, 9.17) is 4.74 Å². The van der Waals surface area contributed by atoms with Gasteiger partial charge in [0.15, 0.2) is 0 Å². The zero-order chi connectivity index (χ0) is 19.7. The van der Waals surface area contributed by atoms with Gasteiger partial charge in [0.2, 0.25) is 0 Å². The van der Waals surface area contributed by atoms with Crippen molar-refractivity contribution in [2.24, 2.45) is 0 Å². The van der Waals surface area contributed by atoms with Crippen LogP contribution in [0.25, 0.3) is 0 Å². The minimum Gasteiger partial charge on any atom is -0.489 e. The van der Waals surface area contributed by atoms with Crippen molar-refractivity contribution in [2.75, 3.05) is 7.05 Å². The summed E-state index contributed by atoms with van der Waals surface area (Å²) in [6, 6.07) is 17.2. The molecule has 0 aliphatic heterocycles. The quantitative estimate of drug-likeness (QED) is 0.678. The van der Waals surface area contributed by atoms with Gasteiger partial charge in [0.25, 0.3) is 0 Å². The molecule has 2 nitrogen and oxygen atoms in total. The van der Waals surface area contributed by atoms with Crippen molar-refractivity contribution in [3.8, 4) is 5.75 Å². The van der Waals surface area contributed by atoms with Crippen molar-refractivity contribution in [3.05, 3.63) is 65.2 Å². The molecule has 142 valence electrons. The van der Waals surface area contributed by atoms with E-state index in [1.54, 1.807) is 0 Å². The predicted molar refractivity (Wildman–Crippen MR) is 114 cm³/mol. The molecule has 0 amide bonds. The fraction of sp³-hybridized carbons (Fsp3) is 0.478. The molecule has 0 aliphatic rings. The maximum atomic E-state index is 5.69. The molecule has 2 aromatic rings. The van der Waals surface area contributed by atoms with E-state index in [0.29, 0.717) is 12.6 Å². The first-order valence-electron chi connectivity index (χ1n) is 9.43. The minimum absolute atomic E-state index is 0.628. The Morgan fingerprint density at radius 1 is 0.760 bits per heavy atom. The molecule has 0 aliphatic carbocycles. The van der Waals surface area contributed by atoms with E-state index in [1.165, 1.54) is 16.7 Å². The lowest BCUT2D eigenvalue weighted by Crippen LogP contribution is -2.15. The van der Waals surface area contributed by atoms with Crippen LogP contribution < -0.4 is 10.1 Å². The van der Waals surface area contributed by atoms with Gasteiger partial charge in [-0.25, -0.2) is 0 Å². The van der Waals surface area contributed by atoms with Crippen LogP contribution in [-0.4, -0.2) is 13.1 Å². The zero-order valence-electron chi connectivity index (χ0n) is 17.8. The second-order valence-electron chi connectivity index (χ2n) is 5.53. The van der Waals surface area contributed by atoms with Gasteiger partial charge < -0.3 is 10.1 Å². The highest BCUT2D eigenvalue weighted by Crippen LogP contribution is 2.13. The van der Waals surface area contributed by atoms with Gasteiger partial charge in [0, 0.05) is 6.04 Å². The Bertz CT molecular complexity index is 455. The van der Waals surface area contributed by atoms with Crippen molar-refractivity contribution in [1.82, 2.24) is 5.32 Å². The third kappa shape index (κ3) is 14.3. The molecular formula is C23H39NO. The molecular weight excluding hydrogens is 306 g/mol. The molecule has 0 atom stereocenters. The molecule has 0 heterocycles. The highest BCUT2D eigenvalue weighted by atomic mass is 16.5. The number of benzene rings is 2. The van der Waals surface area contributed by atoms with Crippen LogP contribution in [0.5, 0.6) is 5.75 Å². The van der Waals surface area contributed by atoms with Gasteiger partial charge in [-0.1, -0.05) is 89.1 Å². The van der Waals surface area contributed by atoms with Crippen molar-refractivity contribution >= 4 is 0 Å². The minimum atomic E-state index is 0.628. The number of rotatable bonds is 4. The van der Waals surface area contributed by atoms with Crippen LogP contribution in [0.2, 0.25) is 0 Å². The van der Waals surface area contributed by atoms with E-state index in [1.807, 2.05) is 46.9 Å². The Labute approximate surface area is 156 Å². The molecule has 0 saturated heterocycles. The van der Waals surface area contributed by atoms with Crippen LogP contribution in [0.4, 0.5) is 0 Å². The normalized spacial score (nSPS) is 8.88. The highest BCUT2D eigenvalue weighted by Gasteiger charge is 1.95. The highest BCUT2D eigenvalue weighted by molar-refractivity contribution is 5.27. The summed E-state index contributed by atoms with van der Waals surface area (Å²) in [6.07, 6.45) is 0. The van der Waals surface area contributed by atoms with E-state index in [2.05, 4.69) is 69.4 Å². The van der Waals surface area contributed by atoms with Crippen LogP contribution in [0, 0.1) is 13.8 Å². The molecule has 25 heavy (non-hydrogen) atoms. The summed E-state index contributed by atoms with van der Waals surface area (Å²) < 4.78 is 5.69. The molecule has 0 saturated carbocycles. The first kappa shape index (κ1) is 25.4. The molecule has 0 spiro atoms. The van der Waals surface area contributed by atoms with Crippen LogP contribution in [-0.2, 0) is 6.61 Å². The largest absolute Gasteiger partial charge is 0.489 e. The first-order chi connectivity index (χ1) is 12.0. The fourth-order valence-electron chi connectivity index (χ4n) is 1.49. The van der Waals surface area contributed by atoms with Gasteiger partial charge >= 0.3 is 0 Å². The number of nitrogens with one attached hydrogen (secondary N) is 1. The molecule has 1 N–H and O–H groups in total. The second-order valence-corrected chi connectivity index (χ2v) is 5.53. The summed E-state index contributed by atoms with van der Waals surface area (Å²) in [5.74, 6) is 0.922. The number of hydrogen-bond acceptors (Lipinski definition) is 2. The SMILES string of the molecule is CC.CC.CNC(C)C.Cc1ccc(COc2ccc(C)cc2)cc1. The number of aryl methyl sites for hydroxylation is 2. The Morgan fingerprint density at radius 2 is 1.12 bits per heavy atom. The summed E-state index contributed by atoms with van der Waals surface area (Å²) >= 11 is 0. The topological polar surface area (TPSA) is 21.3 Å². The van der Waals surface area contributed by atoms with Gasteiger partial charge in [-0.15, -0.1) is 0 Å². The van der Waals surface area contributed by atoms with Gasteiger partial charge in [-0.2, -0.15) is 0 Å². The van der Waals surface area contributed by atoms with E-state index < -0.39 is 0 Å². The third-order valence-corrected chi connectivity index (χ3v) is 3.12. The molecule has 0 aromatic heterocycles. The van der Waals surface area contributed by atoms with Crippen LogP contribution >= 0.6 is 0 Å². The van der Waals surface area contributed by atoms with E-state index in [0.717, 1.165) is 5.75 Å². The summed E-state index contributed by atoms with van der Waals surface area (Å²) in [5, 5.41) is 3.03. The van der Waals surface area contributed by atoms with E-state index >= 15 is 0 Å². The van der Waals surface area contributed by atoms with Crippen LogP contribution in [0.3, 0.4) is 0 Å². The van der Waals surface area contributed by atoms with Gasteiger partial charge in [0.1, 0.15) is 12.4 Å². The van der Waals surface area contributed by atoms with Crippen LogP contribution in [0.1, 0.15) is 58.2 Å². The summed E-state index contributed by atoms with van der Waals surface area (Å²) in [5.41, 5.74) is 3.73. The van der Waals surface area contributed by atoms with Crippen LogP contribution in [0.15, 0.2) is 48.5 Å². The monoisotopic (exact) mass is 345 g/mol. The lowest BCUT2D eigenvalue weighted by atomic mass is 10.2. The molecule has 0 unspecified atom stereocenters. The Hall–Kier alpha value is -1.80. The third-order valence-electron chi connectivity index (χ3n) is 3.12. The van der Waals surface area contributed by atoms with Crippen molar-refractivity contribution in [1.29, 1.82) is 0 Å². The van der Waals surface area contributed by atoms with E-state index in [9.17, 15) is 0 Å². The Kier molecular flexibility index (Phi) is 17.3. The maximum absolute atomic E-state index is 5.69. The predicted octanol–water partition coefficient (Wildman–Crippen LogP) is 6.55. The second kappa shape index (κ2) is 17.0. The standard InChI is InChI=1S/C15H16O.C4H11N.2C2H6/c1-12-3-7-14(8-4-12)11-16-15-9-5-13(2)6-10-15;1-4(2)5-3;2*1-2/h3-10H,11H2,1-2H3;4-5H,1-3H3;2*1-2H3.